The van der Waals surface area contributed by atoms with Crippen LogP contribution in [0.2, 0.25) is 0 Å². The van der Waals surface area contributed by atoms with E-state index < -0.39 is 0 Å². The van der Waals surface area contributed by atoms with E-state index in [1.807, 2.05) is 26.0 Å². The molecule has 0 aromatic heterocycles. The molecule has 0 radical (unpaired) electrons. The quantitative estimate of drug-likeness (QED) is 0.320. The van der Waals surface area contributed by atoms with E-state index in [9.17, 15) is 5.11 Å². The lowest BCUT2D eigenvalue weighted by molar-refractivity contribution is 0.461. The highest BCUT2D eigenvalue weighted by Gasteiger charge is 2.20. The van der Waals surface area contributed by atoms with Gasteiger partial charge >= 0.3 is 0 Å². The average Bonchev–Trinajstić information content (AvgIpc) is 2.71. The van der Waals surface area contributed by atoms with Crippen LogP contribution in [0.3, 0.4) is 0 Å². The Morgan fingerprint density at radius 3 is 2.31 bits per heavy atom. The highest BCUT2D eigenvalue weighted by atomic mass is 127. The number of anilines is 1. The fraction of sp³-hybridized carbons (Fsp3) is 0.435. The maximum absolute atomic E-state index is 9.95. The predicted molar refractivity (Wildman–Crippen MR) is 133 cm³/mol. The van der Waals surface area contributed by atoms with E-state index in [2.05, 4.69) is 52.8 Å². The first-order valence-corrected chi connectivity index (χ1v) is 10.2. The number of rotatable bonds is 5. The third kappa shape index (κ3) is 6.52. The number of benzene rings is 2. The van der Waals surface area contributed by atoms with Crippen molar-refractivity contribution >= 4 is 35.6 Å². The summed E-state index contributed by atoms with van der Waals surface area (Å²) in [5.74, 6) is 1.24. The van der Waals surface area contributed by atoms with E-state index in [1.54, 1.807) is 0 Å². The number of halogens is 1. The van der Waals surface area contributed by atoms with Gasteiger partial charge in [0.2, 0.25) is 0 Å². The molecule has 0 aliphatic carbocycles. The fourth-order valence-corrected chi connectivity index (χ4v) is 3.74. The number of aromatic hydroxyl groups is 1. The van der Waals surface area contributed by atoms with Gasteiger partial charge in [0.15, 0.2) is 5.96 Å². The molecule has 0 spiro atoms. The third-order valence-electron chi connectivity index (χ3n) is 5.27. The summed E-state index contributed by atoms with van der Waals surface area (Å²) >= 11 is 0. The van der Waals surface area contributed by atoms with Crippen molar-refractivity contribution in [1.29, 1.82) is 0 Å². The third-order valence-corrected chi connectivity index (χ3v) is 5.27. The zero-order valence-corrected chi connectivity index (χ0v) is 19.9. The maximum atomic E-state index is 9.95. The maximum Gasteiger partial charge on any atom is 0.191 e. The highest BCUT2D eigenvalue weighted by Crippen LogP contribution is 2.23. The molecule has 1 aliphatic heterocycles. The molecule has 5 nitrogen and oxygen atoms in total. The molecule has 0 atom stereocenters. The number of piperidine rings is 1. The Hall–Kier alpha value is -1.96. The number of aryl methyl sites for hydroxylation is 2. The van der Waals surface area contributed by atoms with Crippen LogP contribution in [0.4, 0.5) is 5.69 Å². The first-order valence-electron chi connectivity index (χ1n) is 10.2. The van der Waals surface area contributed by atoms with Gasteiger partial charge in [-0.15, -0.1) is 24.0 Å². The largest absolute Gasteiger partial charge is 0.507 e. The van der Waals surface area contributed by atoms with Gasteiger partial charge in [-0.25, -0.2) is 4.99 Å². The Morgan fingerprint density at radius 2 is 1.72 bits per heavy atom. The van der Waals surface area contributed by atoms with E-state index in [-0.39, 0.29) is 24.0 Å². The molecule has 0 unspecified atom stereocenters. The second-order valence-electron chi connectivity index (χ2n) is 7.51. The van der Waals surface area contributed by atoms with Gasteiger partial charge in [-0.1, -0.05) is 30.3 Å². The second-order valence-corrected chi connectivity index (χ2v) is 7.51. The number of phenolic OH excluding ortho intramolecular Hbond substituents is 1. The summed E-state index contributed by atoms with van der Waals surface area (Å²) in [7, 11) is 0. The molecule has 158 valence electrons. The van der Waals surface area contributed by atoms with E-state index in [4.69, 9.17) is 4.99 Å². The molecule has 3 rings (SSSR count). The second kappa shape index (κ2) is 11.3. The normalized spacial score (nSPS) is 15.0. The van der Waals surface area contributed by atoms with E-state index in [0.717, 1.165) is 55.1 Å². The van der Waals surface area contributed by atoms with Crippen LogP contribution < -0.4 is 15.5 Å². The fourth-order valence-electron chi connectivity index (χ4n) is 3.74. The molecular formula is C23H33IN4O. The molecule has 6 heteroatoms. The van der Waals surface area contributed by atoms with E-state index in [0.29, 0.717) is 18.3 Å². The van der Waals surface area contributed by atoms with Gasteiger partial charge in [0, 0.05) is 31.4 Å². The van der Waals surface area contributed by atoms with Crippen molar-refractivity contribution in [2.45, 2.75) is 46.2 Å². The Kier molecular flexibility index (Phi) is 9.07. The topological polar surface area (TPSA) is 59.9 Å². The summed E-state index contributed by atoms with van der Waals surface area (Å²) in [5.41, 5.74) is 4.22. The first-order chi connectivity index (χ1) is 13.6. The van der Waals surface area contributed by atoms with Crippen LogP contribution in [-0.2, 0) is 6.54 Å². The lowest BCUT2D eigenvalue weighted by Crippen LogP contribution is -2.48. The van der Waals surface area contributed by atoms with Crippen LogP contribution in [0.25, 0.3) is 0 Å². The molecule has 0 bridgehead atoms. The van der Waals surface area contributed by atoms with Crippen LogP contribution in [0, 0.1) is 13.8 Å². The van der Waals surface area contributed by atoms with Crippen LogP contribution >= 0.6 is 24.0 Å². The minimum atomic E-state index is 0. The van der Waals surface area contributed by atoms with Crippen LogP contribution in [0.1, 0.15) is 36.5 Å². The molecule has 1 aliphatic rings. The molecule has 1 fully saturated rings. The summed E-state index contributed by atoms with van der Waals surface area (Å²) in [6.07, 6.45) is 2.19. The highest BCUT2D eigenvalue weighted by molar-refractivity contribution is 14.0. The molecule has 3 N–H and O–H groups in total. The Labute approximate surface area is 191 Å². The molecule has 0 amide bonds. The lowest BCUT2D eigenvalue weighted by atomic mass is 10.0. The van der Waals surface area contributed by atoms with Crippen molar-refractivity contribution in [3.05, 3.63) is 59.2 Å². The number of nitrogens with zero attached hydrogens (tertiary/aromatic N) is 2. The summed E-state index contributed by atoms with van der Waals surface area (Å²) in [6, 6.07) is 15.1. The number of phenols is 1. The number of para-hydroxylation sites is 1. The molecule has 2 aromatic carbocycles. The minimum absolute atomic E-state index is 0. The summed E-state index contributed by atoms with van der Waals surface area (Å²) in [4.78, 5) is 7.21. The Balaban J connectivity index is 0.00000300. The first kappa shape index (κ1) is 23.3. The zero-order valence-electron chi connectivity index (χ0n) is 17.6. The van der Waals surface area contributed by atoms with E-state index in [1.165, 1.54) is 5.69 Å². The van der Waals surface area contributed by atoms with Gasteiger partial charge in [-0.2, -0.15) is 0 Å². The Bertz CT molecular complexity index is 779. The molecule has 2 aromatic rings. The summed E-state index contributed by atoms with van der Waals surface area (Å²) in [6.45, 7) is 9.49. The number of hydrogen-bond donors (Lipinski definition) is 3. The van der Waals surface area contributed by atoms with Crippen molar-refractivity contribution in [3.8, 4) is 5.75 Å². The smallest absolute Gasteiger partial charge is 0.191 e. The van der Waals surface area contributed by atoms with Gasteiger partial charge in [0.25, 0.3) is 0 Å². The molecule has 29 heavy (non-hydrogen) atoms. The monoisotopic (exact) mass is 508 g/mol. The van der Waals surface area contributed by atoms with E-state index >= 15 is 0 Å². The molecule has 1 saturated heterocycles. The van der Waals surface area contributed by atoms with Gasteiger partial charge in [0.1, 0.15) is 5.75 Å². The zero-order chi connectivity index (χ0) is 19.9. The predicted octanol–water partition coefficient (Wildman–Crippen LogP) is 4.35. The summed E-state index contributed by atoms with van der Waals surface area (Å²) < 4.78 is 0. The SMILES string of the molecule is CCNC(=NCc1cc(C)c(O)c(C)c1)NC1CCN(c2ccccc2)CC1.I. The molecule has 0 saturated carbocycles. The average molecular weight is 508 g/mol. The van der Waals surface area contributed by atoms with Crippen LogP contribution in [0.5, 0.6) is 5.75 Å². The van der Waals surface area contributed by atoms with Crippen LogP contribution in [-0.4, -0.2) is 36.7 Å². The van der Waals surface area contributed by atoms with Crippen molar-refractivity contribution in [2.24, 2.45) is 4.99 Å². The van der Waals surface area contributed by atoms with Gasteiger partial charge in [0.05, 0.1) is 6.54 Å². The Morgan fingerprint density at radius 1 is 1.10 bits per heavy atom. The van der Waals surface area contributed by atoms with Gasteiger partial charge in [-0.05, 0) is 62.4 Å². The minimum Gasteiger partial charge on any atom is -0.507 e. The number of nitrogens with one attached hydrogen (secondary N) is 2. The standard InChI is InChI=1S/C23H32N4O.HI/c1-4-24-23(25-16-19-14-17(2)22(28)18(3)15-19)26-20-10-12-27(13-11-20)21-8-6-5-7-9-21;/h5-9,14-15,20,28H,4,10-13,16H2,1-3H3,(H2,24,25,26);1H. The van der Waals surface area contributed by atoms with Crippen molar-refractivity contribution < 1.29 is 5.11 Å². The summed E-state index contributed by atoms with van der Waals surface area (Å²) in [5, 5.41) is 16.9. The van der Waals surface area contributed by atoms with Gasteiger partial charge < -0.3 is 20.6 Å². The number of guanidine groups is 1. The van der Waals surface area contributed by atoms with Crippen molar-refractivity contribution in [2.75, 3.05) is 24.5 Å². The molecule has 1 heterocycles. The molecular weight excluding hydrogens is 475 g/mol. The number of hydrogen-bond acceptors (Lipinski definition) is 3. The van der Waals surface area contributed by atoms with Crippen molar-refractivity contribution in [1.82, 2.24) is 10.6 Å². The van der Waals surface area contributed by atoms with Gasteiger partial charge in [-0.3, -0.25) is 0 Å². The lowest BCUT2D eigenvalue weighted by Gasteiger charge is -2.34. The van der Waals surface area contributed by atoms with Crippen LogP contribution in [0.15, 0.2) is 47.5 Å². The number of aliphatic imine (C=N–C) groups is 1. The van der Waals surface area contributed by atoms with Crippen molar-refractivity contribution in [3.63, 3.8) is 0 Å².